The van der Waals surface area contributed by atoms with E-state index in [-0.39, 0.29) is 30.8 Å². The van der Waals surface area contributed by atoms with Gasteiger partial charge in [-0.15, -0.1) is 12.4 Å². The molecule has 2 atom stereocenters. The van der Waals surface area contributed by atoms with Gasteiger partial charge in [-0.2, -0.15) is 0 Å². The summed E-state index contributed by atoms with van der Waals surface area (Å²) in [7, 11) is -0.659. The van der Waals surface area contributed by atoms with Crippen LogP contribution in [0.3, 0.4) is 0 Å². The van der Waals surface area contributed by atoms with Crippen molar-refractivity contribution in [1.82, 2.24) is 19.4 Å². The van der Waals surface area contributed by atoms with Crippen molar-refractivity contribution in [2.45, 2.75) is 25.0 Å². The quantitative estimate of drug-likeness (QED) is 0.682. The molecule has 0 aromatic heterocycles. The Kier molecular flexibility index (Phi) is 8.11. The average Bonchev–Trinajstić information content (AvgIpc) is 2.60. The van der Waals surface area contributed by atoms with Crippen molar-refractivity contribution < 1.29 is 18.0 Å². The Morgan fingerprint density at radius 3 is 2.32 bits per heavy atom. The molecule has 0 saturated carbocycles. The molecule has 8 nitrogen and oxygen atoms in total. The lowest BCUT2D eigenvalue weighted by Crippen LogP contribution is -2.53. The van der Waals surface area contributed by atoms with Crippen molar-refractivity contribution in [3.8, 4) is 0 Å². The normalized spacial score (nSPS) is 23.5. The van der Waals surface area contributed by atoms with E-state index in [9.17, 15) is 18.0 Å². The van der Waals surface area contributed by atoms with Crippen molar-refractivity contribution in [3.63, 3.8) is 0 Å². The summed E-state index contributed by atoms with van der Waals surface area (Å²) in [5.41, 5.74) is 0. The smallest absolute Gasteiger partial charge is 0.241 e. The molecule has 2 aliphatic heterocycles. The Hall–Kier alpha value is -0.900. The number of hydrogen-bond donors (Lipinski definition) is 1. The van der Waals surface area contributed by atoms with Crippen molar-refractivity contribution >= 4 is 34.2 Å². The predicted octanol–water partition coefficient (Wildman–Crippen LogP) is -0.641. The van der Waals surface area contributed by atoms with Crippen LogP contribution in [-0.2, 0) is 19.6 Å². The van der Waals surface area contributed by atoms with Gasteiger partial charge in [-0.05, 0) is 19.8 Å². The summed E-state index contributed by atoms with van der Waals surface area (Å²) in [6.07, 6.45) is 1.34. The zero-order valence-electron chi connectivity index (χ0n) is 15.1. The number of piperidine rings is 1. The number of halogens is 1. The van der Waals surface area contributed by atoms with E-state index in [1.54, 1.807) is 14.1 Å². The molecule has 146 valence electrons. The highest BCUT2D eigenvalue weighted by Gasteiger charge is 2.39. The highest BCUT2D eigenvalue weighted by atomic mass is 35.5. The molecule has 2 rings (SSSR count). The van der Waals surface area contributed by atoms with E-state index in [1.807, 2.05) is 4.90 Å². The molecule has 0 radical (unpaired) electrons. The highest BCUT2D eigenvalue weighted by Crippen LogP contribution is 2.23. The van der Waals surface area contributed by atoms with Gasteiger partial charge in [0.05, 0.1) is 5.92 Å². The van der Waals surface area contributed by atoms with Crippen LogP contribution in [0.1, 0.15) is 19.8 Å². The fraction of sp³-hybridized carbons (Fsp3) is 0.867. The largest absolute Gasteiger partial charge is 0.348 e. The first kappa shape index (κ1) is 22.1. The van der Waals surface area contributed by atoms with E-state index in [1.165, 1.54) is 16.1 Å². The lowest BCUT2D eigenvalue weighted by Gasteiger charge is -2.36. The minimum atomic E-state index is -3.74. The van der Waals surface area contributed by atoms with Crippen LogP contribution in [0.5, 0.6) is 0 Å². The van der Waals surface area contributed by atoms with Gasteiger partial charge in [0, 0.05) is 53.4 Å². The zero-order chi connectivity index (χ0) is 17.9. The molecule has 0 aliphatic carbocycles. The number of amides is 2. The lowest BCUT2D eigenvalue weighted by atomic mass is 9.98. The Morgan fingerprint density at radius 1 is 1.16 bits per heavy atom. The van der Waals surface area contributed by atoms with Gasteiger partial charge in [0.2, 0.25) is 21.8 Å². The number of hydrogen-bond acceptors (Lipinski definition) is 5. The second-order valence-corrected chi connectivity index (χ2v) is 8.95. The van der Waals surface area contributed by atoms with Crippen LogP contribution in [0.15, 0.2) is 0 Å². The standard InChI is InChI=1S/C15H28N4O4S.ClH/c1-12(14(20)17(2)3)24(22,23)19-8-4-5-13(11-19)15(21)18-9-6-16-7-10-18;/h12-13,16H,4-11H2,1-3H3;1H. The summed E-state index contributed by atoms with van der Waals surface area (Å²) in [6, 6.07) is 0. The van der Waals surface area contributed by atoms with Gasteiger partial charge >= 0.3 is 0 Å². The molecule has 0 aromatic rings. The van der Waals surface area contributed by atoms with Crippen LogP contribution in [0.4, 0.5) is 0 Å². The molecule has 2 saturated heterocycles. The van der Waals surface area contributed by atoms with Gasteiger partial charge in [-0.25, -0.2) is 12.7 Å². The summed E-state index contributed by atoms with van der Waals surface area (Å²) in [6.45, 7) is 4.84. The molecular weight excluding hydrogens is 368 g/mol. The molecule has 0 spiro atoms. The number of rotatable bonds is 4. The molecule has 0 aromatic carbocycles. The van der Waals surface area contributed by atoms with Gasteiger partial charge in [0.1, 0.15) is 0 Å². The molecular formula is C15H29ClN4O4S. The minimum absolute atomic E-state index is 0. The second kappa shape index (κ2) is 9.16. The predicted molar refractivity (Wildman–Crippen MR) is 98.1 cm³/mol. The van der Waals surface area contributed by atoms with Crippen molar-refractivity contribution in [2.24, 2.45) is 5.92 Å². The number of carbonyl (C=O) groups excluding carboxylic acids is 2. The number of piperazine rings is 1. The van der Waals surface area contributed by atoms with Gasteiger partial charge in [-0.3, -0.25) is 9.59 Å². The lowest BCUT2D eigenvalue weighted by molar-refractivity contribution is -0.137. The van der Waals surface area contributed by atoms with Crippen LogP contribution in [0.2, 0.25) is 0 Å². The van der Waals surface area contributed by atoms with Crippen molar-refractivity contribution in [3.05, 3.63) is 0 Å². The van der Waals surface area contributed by atoms with Crippen molar-refractivity contribution in [1.29, 1.82) is 0 Å². The maximum atomic E-state index is 12.7. The van der Waals surface area contributed by atoms with E-state index < -0.39 is 21.2 Å². The fourth-order valence-corrected chi connectivity index (χ4v) is 4.92. The van der Waals surface area contributed by atoms with Crippen LogP contribution in [0.25, 0.3) is 0 Å². The minimum Gasteiger partial charge on any atom is -0.348 e. The molecule has 2 heterocycles. The summed E-state index contributed by atoms with van der Waals surface area (Å²) in [5, 5.41) is 2.08. The molecule has 10 heteroatoms. The molecule has 2 fully saturated rings. The number of nitrogens with one attached hydrogen (secondary N) is 1. The molecule has 2 aliphatic rings. The monoisotopic (exact) mass is 396 g/mol. The fourth-order valence-electron chi connectivity index (χ4n) is 3.23. The summed E-state index contributed by atoms with van der Waals surface area (Å²) >= 11 is 0. The topological polar surface area (TPSA) is 90.0 Å². The maximum absolute atomic E-state index is 12.7. The zero-order valence-corrected chi connectivity index (χ0v) is 16.7. The van der Waals surface area contributed by atoms with Gasteiger partial charge in [0.25, 0.3) is 0 Å². The van der Waals surface area contributed by atoms with Crippen molar-refractivity contribution in [2.75, 3.05) is 53.4 Å². The molecule has 2 unspecified atom stereocenters. The first-order chi connectivity index (χ1) is 11.2. The number of nitrogens with zero attached hydrogens (tertiary/aromatic N) is 3. The molecule has 25 heavy (non-hydrogen) atoms. The van der Waals surface area contributed by atoms with E-state index in [4.69, 9.17) is 0 Å². The first-order valence-electron chi connectivity index (χ1n) is 8.44. The number of carbonyl (C=O) groups is 2. The molecule has 0 bridgehead atoms. The Balaban J connectivity index is 0.00000312. The van der Waals surface area contributed by atoms with E-state index >= 15 is 0 Å². The summed E-state index contributed by atoms with van der Waals surface area (Å²) in [4.78, 5) is 27.8. The third-order valence-electron chi connectivity index (χ3n) is 4.76. The van der Waals surface area contributed by atoms with E-state index in [0.29, 0.717) is 32.5 Å². The van der Waals surface area contributed by atoms with Gasteiger partial charge in [-0.1, -0.05) is 0 Å². The van der Waals surface area contributed by atoms with Crippen LogP contribution in [-0.4, -0.2) is 93.0 Å². The van der Waals surface area contributed by atoms with E-state index in [2.05, 4.69) is 5.32 Å². The SMILES string of the molecule is CC(C(=O)N(C)C)S(=O)(=O)N1CCCC(C(=O)N2CCNCC2)C1.Cl. The summed E-state index contributed by atoms with van der Waals surface area (Å²) < 4.78 is 26.8. The first-order valence-corrected chi connectivity index (χ1v) is 9.95. The highest BCUT2D eigenvalue weighted by molar-refractivity contribution is 7.90. The summed E-state index contributed by atoms with van der Waals surface area (Å²) in [5.74, 6) is -0.721. The van der Waals surface area contributed by atoms with Gasteiger partial charge < -0.3 is 15.1 Å². The Bertz CT molecular complexity index is 578. The van der Waals surface area contributed by atoms with Gasteiger partial charge in [0.15, 0.2) is 5.25 Å². The van der Waals surface area contributed by atoms with E-state index in [0.717, 1.165) is 13.1 Å². The molecule has 2 amide bonds. The Morgan fingerprint density at radius 2 is 1.76 bits per heavy atom. The maximum Gasteiger partial charge on any atom is 0.241 e. The Labute approximate surface area is 156 Å². The van der Waals surface area contributed by atoms with Crippen LogP contribution in [0, 0.1) is 5.92 Å². The molecule has 1 N–H and O–H groups in total. The van der Waals surface area contributed by atoms with Crippen LogP contribution >= 0.6 is 12.4 Å². The number of sulfonamides is 1. The average molecular weight is 397 g/mol. The van der Waals surface area contributed by atoms with Crippen LogP contribution < -0.4 is 5.32 Å². The third-order valence-corrected chi connectivity index (χ3v) is 6.90. The third kappa shape index (κ3) is 5.06. The second-order valence-electron chi connectivity index (χ2n) is 6.69.